The van der Waals surface area contributed by atoms with E-state index in [0.29, 0.717) is 29.0 Å². The summed E-state index contributed by atoms with van der Waals surface area (Å²) in [7, 11) is 0. The lowest BCUT2D eigenvalue weighted by atomic mass is 9.85. The molecule has 0 unspecified atom stereocenters. The molecular formula is C28H31F3N4O4. The number of nitrogens with one attached hydrogen (secondary N) is 2. The van der Waals surface area contributed by atoms with Crippen molar-refractivity contribution in [3.63, 3.8) is 0 Å². The van der Waals surface area contributed by atoms with Crippen molar-refractivity contribution in [2.45, 2.75) is 75.2 Å². The number of carbonyl (C=O) groups is 4. The highest BCUT2D eigenvalue weighted by atomic mass is 19.3. The third-order valence-electron chi connectivity index (χ3n) is 7.16. The Morgan fingerprint density at radius 3 is 2.33 bits per heavy atom. The molecule has 0 bridgehead atoms. The number of pyridine rings is 1. The number of hydrogen-bond donors (Lipinski definition) is 2. The number of amides is 3. The summed E-state index contributed by atoms with van der Waals surface area (Å²) >= 11 is 0. The van der Waals surface area contributed by atoms with Crippen molar-refractivity contribution >= 4 is 23.5 Å². The Kier molecular flexibility index (Phi) is 8.66. The molecule has 3 amide bonds. The van der Waals surface area contributed by atoms with Gasteiger partial charge in [0.05, 0.1) is 18.8 Å². The summed E-state index contributed by atoms with van der Waals surface area (Å²) in [6, 6.07) is 10.5. The van der Waals surface area contributed by atoms with Crippen LogP contribution >= 0.6 is 0 Å². The van der Waals surface area contributed by atoms with E-state index in [1.165, 1.54) is 6.20 Å². The van der Waals surface area contributed by atoms with E-state index in [4.69, 9.17) is 0 Å². The number of rotatable bonds is 9. The third kappa shape index (κ3) is 7.01. The summed E-state index contributed by atoms with van der Waals surface area (Å²) in [5, 5.41) is 4.87. The highest BCUT2D eigenvalue weighted by Gasteiger charge is 2.55. The van der Waals surface area contributed by atoms with Gasteiger partial charge in [-0.15, -0.1) is 0 Å². The lowest BCUT2D eigenvalue weighted by molar-refractivity contribution is -0.151. The lowest BCUT2D eigenvalue weighted by Crippen LogP contribution is -2.56. The molecule has 2 N–H and O–H groups in total. The summed E-state index contributed by atoms with van der Waals surface area (Å²) in [5.41, 5.74) is -1.18. The van der Waals surface area contributed by atoms with E-state index in [1.807, 2.05) is 0 Å². The Bertz CT molecular complexity index is 1190. The molecule has 39 heavy (non-hydrogen) atoms. The Morgan fingerprint density at radius 1 is 0.974 bits per heavy atom. The van der Waals surface area contributed by atoms with Crippen molar-refractivity contribution in [2.24, 2.45) is 0 Å². The average molecular weight is 545 g/mol. The molecule has 0 radical (unpaired) electrons. The molecule has 1 aromatic carbocycles. The zero-order valence-electron chi connectivity index (χ0n) is 21.4. The molecule has 4 rings (SSSR count). The molecule has 2 atom stereocenters. The quantitative estimate of drug-likeness (QED) is 0.472. The maximum absolute atomic E-state index is 15.4. The second-order valence-electron chi connectivity index (χ2n) is 10.2. The molecule has 0 spiro atoms. The van der Waals surface area contributed by atoms with E-state index in [0.717, 1.165) is 6.42 Å². The molecule has 208 valence electrons. The van der Waals surface area contributed by atoms with Crippen LogP contribution in [0.25, 0.3) is 0 Å². The molecule has 2 aromatic rings. The topological polar surface area (TPSA) is 108 Å². The zero-order chi connectivity index (χ0) is 28.0. The maximum atomic E-state index is 15.4. The number of Topliss-reactive ketones (excluding diaryl/α,β-unsaturated/α-hetero) is 1. The van der Waals surface area contributed by atoms with E-state index in [-0.39, 0.29) is 25.8 Å². The normalized spacial score (nSPS) is 20.6. The minimum Gasteiger partial charge on any atom is -0.344 e. The predicted octanol–water partition coefficient (Wildman–Crippen LogP) is 2.90. The molecule has 2 fully saturated rings. The molecule has 2 aliphatic rings. The maximum Gasteiger partial charge on any atom is 0.289 e. The second kappa shape index (κ2) is 12.0. The smallest absolute Gasteiger partial charge is 0.289 e. The van der Waals surface area contributed by atoms with Gasteiger partial charge in [0.1, 0.15) is 12.1 Å². The van der Waals surface area contributed by atoms with Gasteiger partial charge in [-0.1, -0.05) is 42.8 Å². The van der Waals surface area contributed by atoms with Crippen LogP contribution < -0.4 is 10.6 Å². The van der Waals surface area contributed by atoms with Crippen molar-refractivity contribution in [1.82, 2.24) is 20.5 Å². The summed E-state index contributed by atoms with van der Waals surface area (Å²) in [4.78, 5) is 56.9. The number of halogens is 3. The van der Waals surface area contributed by atoms with E-state index in [2.05, 4.69) is 15.6 Å². The van der Waals surface area contributed by atoms with E-state index in [9.17, 15) is 28.0 Å². The van der Waals surface area contributed by atoms with Crippen LogP contribution in [0.15, 0.2) is 54.7 Å². The van der Waals surface area contributed by atoms with Gasteiger partial charge in [0, 0.05) is 19.0 Å². The van der Waals surface area contributed by atoms with Gasteiger partial charge in [-0.3, -0.25) is 24.2 Å². The number of ketones is 1. The van der Waals surface area contributed by atoms with Gasteiger partial charge in [-0.05, 0) is 43.4 Å². The molecule has 2 heterocycles. The van der Waals surface area contributed by atoms with Crippen LogP contribution in [0, 0.1) is 0 Å². The lowest BCUT2D eigenvalue weighted by Gasteiger charge is -2.34. The molecular weight excluding hydrogens is 513 g/mol. The highest BCUT2D eigenvalue weighted by Crippen LogP contribution is 2.39. The largest absolute Gasteiger partial charge is 0.344 e. The van der Waals surface area contributed by atoms with Crippen molar-refractivity contribution in [2.75, 3.05) is 6.54 Å². The number of benzene rings is 1. The van der Waals surface area contributed by atoms with Crippen LogP contribution in [0.5, 0.6) is 0 Å². The second-order valence-corrected chi connectivity index (χ2v) is 10.2. The van der Waals surface area contributed by atoms with Crippen LogP contribution in [0.2, 0.25) is 0 Å². The zero-order valence-corrected chi connectivity index (χ0v) is 21.4. The minimum atomic E-state index is -3.40. The van der Waals surface area contributed by atoms with E-state index < -0.39 is 60.1 Å². The molecule has 1 aliphatic heterocycles. The van der Waals surface area contributed by atoms with Gasteiger partial charge in [0.2, 0.25) is 11.7 Å². The van der Waals surface area contributed by atoms with Gasteiger partial charge < -0.3 is 15.5 Å². The predicted molar refractivity (Wildman–Crippen MR) is 135 cm³/mol. The van der Waals surface area contributed by atoms with Crippen LogP contribution in [-0.4, -0.2) is 63.6 Å². The third-order valence-corrected chi connectivity index (χ3v) is 7.16. The molecule has 11 heteroatoms. The minimum absolute atomic E-state index is 0.0346. The number of nitrogens with zero attached hydrogens (tertiary/aromatic N) is 2. The van der Waals surface area contributed by atoms with Crippen molar-refractivity contribution in [3.8, 4) is 0 Å². The van der Waals surface area contributed by atoms with E-state index >= 15 is 4.39 Å². The molecule has 1 aliphatic carbocycles. The first-order chi connectivity index (χ1) is 18.6. The number of aromatic nitrogens is 1. The summed E-state index contributed by atoms with van der Waals surface area (Å²) in [6.07, 6.45) is 1.90. The fraction of sp³-hybridized carbons (Fsp3) is 0.464. The Hall–Kier alpha value is -3.76. The average Bonchev–Trinajstić information content (AvgIpc) is 3.27. The standard InChI is InChI=1S/C28H31F3N4O4/c29-27(12-6-2-7-13-27)26(39)35-18-28(30,31)16-22(35)24(37)34-21(15-19-9-3-1-4-10-19)23(36)25(38)33-17-20-11-5-8-14-32-20/h1,3-5,8-11,14,21-22H,2,6-7,12-13,15-18H2,(H,33,38)(H,34,37)/t21-,22-/m1/s1. The monoisotopic (exact) mass is 544 g/mol. The van der Waals surface area contributed by atoms with Gasteiger partial charge in [-0.25, -0.2) is 13.2 Å². The Morgan fingerprint density at radius 2 is 1.67 bits per heavy atom. The summed E-state index contributed by atoms with van der Waals surface area (Å²) in [5.74, 6) is -7.54. The summed E-state index contributed by atoms with van der Waals surface area (Å²) in [6.45, 7) is -1.12. The highest BCUT2D eigenvalue weighted by molar-refractivity contribution is 6.38. The summed E-state index contributed by atoms with van der Waals surface area (Å²) < 4.78 is 44.3. The first kappa shape index (κ1) is 28.3. The van der Waals surface area contributed by atoms with Gasteiger partial charge in [0.25, 0.3) is 17.7 Å². The van der Waals surface area contributed by atoms with E-state index in [1.54, 1.807) is 48.5 Å². The van der Waals surface area contributed by atoms with Crippen LogP contribution in [0.4, 0.5) is 13.2 Å². The molecule has 8 nitrogen and oxygen atoms in total. The SMILES string of the molecule is O=C(NCc1ccccn1)C(=O)[C@@H](Cc1ccccc1)NC(=O)[C@H]1CC(F)(F)CN1C(=O)C1(F)CCCCC1. The van der Waals surface area contributed by atoms with Gasteiger partial charge in [-0.2, -0.15) is 0 Å². The van der Waals surface area contributed by atoms with Crippen LogP contribution in [0.1, 0.15) is 49.8 Å². The van der Waals surface area contributed by atoms with Crippen molar-refractivity contribution in [3.05, 3.63) is 66.0 Å². The molecule has 1 saturated heterocycles. The first-order valence-electron chi connectivity index (χ1n) is 13.0. The Labute approximate surface area is 224 Å². The number of carbonyl (C=O) groups excluding carboxylic acids is 4. The molecule has 1 saturated carbocycles. The number of alkyl halides is 3. The van der Waals surface area contributed by atoms with Crippen molar-refractivity contribution in [1.29, 1.82) is 0 Å². The Balaban J connectivity index is 1.51. The molecule has 1 aromatic heterocycles. The number of likely N-dealkylation sites (tertiary alicyclic amines) is 1. The van der Waals surface area contributed by atoms with Crippen LogP contribution in [-0.2, 0) is 32.1 Å². The fourth-order valence-corrected chi connectivity index (χ4v) is 5.09. The number of hydrogen-bond acceptors (Lipinski definition) is 5. The fourth-order valence-electron chi connectivity index (χ4n) is 5.09. The van der Waals surface area contributed by atoms with Gasteiger partial charge >= 0.3 is 0 Å². The first-order valence-corrected chi connectivity index (χ1v) is 13.0. The van der Waals surface area contributed by atoms with Crippen LogP contribution in [0.3, 0.4) is 0 Å². The van der Waals surface area contributed by atoms with Gasteiger partial charge in [0.15, 0.2) is 5.67 Å². The van der Waals surface area contributed by atoms with Crippen molar-refractivity contribution < 1.29 is 32.3 Å².